The minimum atomic E-state index is -1.02. The summed E-state index contributed by atoms with van der Waals surface area (Å²) in [7, 11) is 0. The summed E-state index contributed by atoms with van der Waals surface area (Å²) < 4.78 is 0. The van der Waals surface area contributed by atoms with Gasteiger partial charge in [0.25, 0.3) is 0 Å². The van der Waals surface area contributed by atoms with Crippen molar-refractivity contribution in [3.63, 3.8) is 0 Å². The molecule has 2 rings (SSSR count). The zero-order valence-electron chi connectivity index (χ0n) is 15.5. The molecule has 2 heterocycles. The van der Waals surface area contributed by atoms with Crippen molar-refractivity contribution in [1.29, 1.82) is 0 Å². The Labute approximate surface area is 149 Å². The van der Waals surface area contributed by atoms with Crippen molar-refractivity contribution in [3.05, 3.63) is 0 Å². The molecule has 2 aliphatic heterocycles. The summed E-state index contributed by atoms with van der Waals surface area (Å²) in [5.74, 6) is -1.61. The Morgan fingerprint density at radius 1 is 1.36 bits per heavy atom. The fraction of sp³-hybridized carbons (Fsp3) is 0.833. The number of amides is 2. The molecule has 0 aliphatic carbocycles. The van der Waals surface area contributed by atoms with Crippen molar-refractivity contribution in [3.8, 4) is 0 Å². The van der Waals surface area contributed by atoms with E-state index in [1.807, 2.05) is 13.8 Å². The van der Waals surface area contributed by atoms with Gasteiger partial charge in [-0.05, 0) is 38.3 Å². The van der Waals surface area contributed by atoms with Gasteiger partial charge in [0, 0.05) is 25.6 Å². The Morgan fingerprint density at radius 2 is 2.08 bits per heavy atom. The summed E-state index contributed by atoms with van der Waals surface area (Å²) in [4.78, 5) is 40.2. The Morgan fingerprint density at radius 3 is 2.68 bits per heavy atom. The van der Waals surface area contributed by atoms with Crippen LogP contribution in [0.15, 0.2) is 0 Å². The van der Waals surface area contributed by atoms with Gasteiger partial charge in [-0.15, -0.1) is 0 Å². The molecule has 25 heavy (non-hydrogen) atoms. The average Bonchev–Trinajstić information content (AvgIpc) is 3.13. The highest BCUT2D eigenvalue weighted by molar-refractivity contribution is 5.91. The monoisotopic (exact) mass is 353 g/mol. The second-order valence-electron chi connectivity index (χ2n) is 7.65. The number of likely N-dealkylation sites (tertiary alicyclic amines) is 2. The van der Waals surface area contributed by atoms with Crippen LogP contribution in [0.5, 0.6) is 0 Å². The number of nitrogens with zero attached hydrogens (tertiary/aromatic N) is 2. The van der Waals surface area contributed by atoms with E-state index in [1.54, 1.807) is 4.90 Å². The second kappa shape index (κ2) is 8.65. The van der Waals surface area contributed by atoms with Crippen LogP contribution in [0, 0.1) is 11.8 Å². The first-order valence-electron chi connectivity index (χ1n) is 9.36. The van der Waals surface area contributed by atoms with E-state index in [4.69, 9.17) is 0 Å². The molecule has 0 bridgehead atoms. The molecule has 7 heteroatoms. The number of hydrogen-bond acceptors (Lipinski definition) is 4. The van der Waals surface area contributed by atoms with E-state index >= 15 is 0 Å². The first-order chi connectivity index (χ1) is 11.8. The van der Waals surface area contributed by atoms with Crippen LogP contribution in [0.25, 0.3) is 0 Å². The maximum absolute atomic E-state index is 12.4. The van der Waals surface area contributed by atoms with Gasteiger partial charge in [-0.3, -0.25) is 14.5 Å². The number of hydrogen-bond donors (Lipinski definition) is 2. The molecule has 0 aromatic carbocycles. The molecule has 0 saturated carbocycles. The van der Waals surface area contributed by atoms with Gasteiger partial charge in [0.2, 0.25) is 11.8 Å². The number of nitrogens with one attached hydrogen (secondary N) is 1. The van der Waals surface area contributed by atoms with Crippen LogP contribution in [0.4, 0.5) is 0 Å². The quantitative estimate of drug-likeness (QED) is 0.678. The lowest BCUT2D eigenvalue weighted by Crippen LogP contribution is -2.45. The van der Waals surface area contributed by atoms with E-state index in [0.717, 1.165) is 25.9 Å². The van der Waals surface area contributed by atoms with Crippen molar-refractivity contribution in [2.45, 2.75) is 58.5 Å². The standard InChI is InChI=1S/C18H31N3O4/c1-4-20-7-5-6-14(20)11-21-10-13(9-16(21)22)17(23)19-15(18(24)25)8-12(2)3/h12-15H,4-11H2,1-3H3,(H,19,23)(H,24,25)/t13-,14-,15+/m0/s1. The maximum Gasteiger partial charge on any atom is 0.326 e. The Bertz CT molecular complexity index is 509. The zero-order chi connectivity index (χ0) is 18.6. The number of aliphatic carboxylic acids is 1. The summed E-state index contributed by atoms with van der Waals surface area (Å²) in [5, 5.41) is 11.9. The van der Waals surface area contributed by atoms with E-state index in [9.17, 15) is 19.5 Å². The molecule has 0 aromatic heterocycles. The molecule has 0 aromatic rings. The lowest BCUT2D eigenvalue weighted by molar-refractivity contribution is -0.142. The Kier molecular flexibility index (Phi) is 6.81. The van der Waals surface area contributed by atoms with Crippen LogP contribution in [0.2, 0.25) is 0 Å². The van der Waals surface area contributed by atoms with Gasteiger partial charge in [-0.2, -0.15) is 0 Å². The molecule has 0 spiro atoms. The highest BCUT2D eigenvalue weighted by Crippen LogP contribution is 2.23. The smallest absolute Gasteiger partial charge is 0.326 e. The third kappa shape index (κ3) is 5.17. The molecule has 2 aliphatic rings. The van der Waals surface area contributed by atoms with Gasteiger partial charge in [0.1, 0.15) is 6.04 Å². The van der Waals surface area contributed by atoms with Gasteiger partial charge in [-0.25, -0.2) is 4.79 Å². The number of likely N-dealkylation sites (N-methyl/N-ethyl adjacent to an activating group) is 1. The van der Waals surface area contributed by atoms with Crippen LogP contribution in [-0.2, 0) is 14.4 Å². The highest BCUT2D eigenvalue weighted by Gasteiger charge is 2.38. The average molecular weight is 353 g/mol. The first-order valence-corrected chi connectivity index (χ1v) is 9.36. The zero-order valence-corrected chi connectivity index (χ0v) is 15.5. The number of carbonyl (C=O) groups is 3. The highest BCUT2D eigenvalue weighted by atomic mass is 16.4. The van der Waals surface area contributed by atoms with Gasteiger partial charge in [-0.1, -0.05) is 20.8 Å². The third-order valence-electron chi connectivity index (χ3n) is 5.24. The lowest BCUT2D eigenvalue weighted by Gasteiger charge is -2.27. The van der Waals surface area contributed by atoms with Crippen LogP contribution in [-0.4, -0.2) is 71.0 Å². The summed E-state index contributed by atoms with van der Waals surface area (Å²) in [5.41, 5.74) is 0. The number of carbonyl (C=O) groups excluding carboxylic acids is 2. The summed E-state index contributed by atoms with van der Waals surface area (Å²) >= 11 is 0. The summed E-state index contributed by atoms with van der Waals surface area (Å²) in [6, 6.07) is -0.509. The molecule has 0 unspecified atom stereocenters. The molecule has 2 N–H and O–H groups in total. The second-order valence-corrected chi connectivity index (χ2v) is 7.65. The predicted molar refractivity (Wildman–Crippen MR) is 94.0 cm³/mol. The van der Waals surface area contributed by atoms with Crippen molar-refractivity contribution in [1.82, 2.24) is 15.1 Å². The minimum absolute atomic E-state index is 0.00108. The van der Waals surface area contributed by atoms with Crippen LogP contribution in [0.3, 0.4) is 0 Å². The van der Waals surface area contributed by atoms with Gasteiger partial charge < -0.3 is 15.3 Å². The van der Waals surface area contributed by atoms with Crippen LogP contribution < -0.4 is 5.32 Å². The largest absolute Gasteiger partial charge is 0.480 e. The summed E-state index contributed by atoms with van der Waals surface area (Å²) in [6.07, 6.45) is 2.81. The van der Waals surface area contributed by atoms with Gasteiger partial charge >= 0.3 is 5.97 Å². The molecule has 7 nitrogen and oxygen atoms in total. The Balaban J connectivity index is 1.90. The van der Waals surface area contributed by atoms with Gasteiger partial charge in [0.15, 0.2) is 0 Å². The number of carboxylic acid groups (broad SMARTS) is 1. The molecule has 2 saturated heterocycles. The molecular formula is C18H31N3O4. The molecular weight excluding hydrogens is 322 g/mol. The van der Waals surface area contributed by atoms with E-state index in [-0.39, 0.29) is 24.2 Å². The van der Waals surface area contributed by atoms with Crippen molar-refractivity contribution in [2.75, 3.05) is 26.2 Å². The maximum atomic E-state index is 12.4. The fourth-order valence-electron chi connectivity index (χ4n) is 3.88. The van der Waals surface area contributed by atoms with Crippen LogP contribution in [0.1, 0.15) is 46.5 Å². The van der Waals surface area contributed by atoms with E-state index in [0.29, 0.717) is 25.6 Å². The fourth-order valence-corrected chi connectivity index (χ4v) is 3.88. The van der Waals surface area contributed by atoms with E-state index in [1.165, 1.54) is 0 Å². The number of rotatable bonds is 8. The lowest BCUT2D eigenvalue weighted by atomic mass is 10.0. The third-order valence-corrected chi connectivity index (χ3v) is 5.24. The molecule has 2 fully saturated rings. The van der Waals surface area contributed by atoms with E-state index in [2.05, 4.69) is 17.1 Å². The van der Waals surface area contributed by atoms with Crippen molar-refractivity contribution >= 4 is 17.8 Å². The van der Waals surface area contributed by atoms with Gasteiger partial charge in [0.05, 0.1) is 5.92 Å². The minimum Gasteiger partial charge on any atom is -0.480 e. The molecule has 3 atom stereocenters. The van der Waals surface area contributed by atoms with E-state index < -0.39 is 17.9 Å². The normalized spacial score (nSPS) is 25.6. The predicted octanol–water partition coefficient (Wildman–Crippen LogP) is 0.935. The topological polar surface area (TPSA) is 89.9 Å². The molecule has 0 radical (unpaired) electrons. The SMILES string of the molecule is CCN1CCC[C@H]1CN1C[C@@H](C(=O)N[C@H](CC(C)C)C(=O)O)CC1=O. The Hall–Kier alpha value is -1.63. The van der Waals surface area contributed by atoms with Crippen molar-refractivity contribution < 1.29 is 19.5 Å². The van der Waals surface area contributed by atoms with Crippen LogP contribution >= 0.6 is 0 Å². The number of carboxylic acids is 1. The first kappa shape index (κ1) is 19.7. The molecule has 142 valence electrons. The molecule has 2 amide bonds. The van der Waals surface area contributed by atoms with Crippen molar-refractivity contribution in [2.24, 2.45) is 11.8 Å². The summed E-state index contributed by atoms with van der Waals surface area (Å²) in [6.45, 7) is 9.08.